The van der Waals surface area contributed by atoms with Gasteiger partial charge in [-0.1, -0.05) is 30.3 Å². The summed E-state index contributed by atoms with van der Waals surface area (Å²) in [4.78, 5) is 46.6. The van der Waals surface area contributed by atoms with E-state index < -0.39 is 21.7 Å². The van der Waals surface area contributed by atoms with Crippen LogP contribution in [-0.4, -0.2) is 21.7 Å². The molecule has 0 saturated carbocycles. The number of non-ortho nitro benzene ring substituents is 2. The molecule has 0 aliphatic rings. The Bertz CT molecular complexity index is 1290. The summed E-state index contributed by atoms with van der Waals surface area (Å²) >= 11 is 3.27. The van der Waals surface area contributed by atoms with E-state index in [1.54, 1.807) is 24.3 Å². The second-order valence-corrected chi connectivity index (χ2v) is 7.46. The zero-order valence-electron chi connectivity index (χ0n) is 16.7. The Morgan fingerprint density at radius 3 is 2.15 bits per heavy atom. The first kappa shape index (κ1) is 23.3. The molecule has 3 rings (SSSR count). The van der Waals surface area contributed by atoms with Crippen LogP contribution in [0.15, 0.2) is 83.0 Å². The number of nitro groups is 2. The highest BCUT2D eigenvalue weighted by Crippen LogP contribution is 2.20. The smallest absolute Gasteiger partial charge is 0.272 e. The molecule has 0 saturated heterocycles. The average Bonchev–Trinajstić information content (AvgIpc) is 2.79. The van der Waals surface area contributed by atoms with Crippen LogP contribution in [0.25, 0.3) is 6.08 Å². The van der Waals surface area contributed by atoms with Crippen LogP contribution in [0.3, 0.4) is 0 Å². The number of nitro benzene ring substituents is 2. The van der Waals surface area contributed by atoms with Gasteiger partial charge in [0.2, 0.25) is 0 Å². The molecule has 0 aliphatic heterocycles. The van der Waals surface area contributed by atoms with Gasteiger partial charge in [0.1, 0.15) is 5.70 Å². The fourth-order valence-corrected chi connectivity index (χ4v) is 3.25. The predicted molar refractivity (Wildman–Crippen MR) is 124 cm³/mol. The lowest BCUT2D eigenvalue weighted by molar-refractivity contribution is -0.385. The van der Waals surface area contributed by atoms with E-state index in [2.05, 4.69) is 26.6 Å². The van der Waals surface area contributed by atoms with E-state index in [1.807, 2.05) is 0 Å². The Hall–Kier alpha value is -4.38. The van der Waals surface area contributed by atoms with Crippen LogP contribution < -0.4 is 10.6 Å². The molecule has 0 heterocycles. The van der Waals surface area contributed by atoms with Crippen molar-refractivity contribution in [3.8, 4) is 0 Å². The van der Waals surface area contributed by atoms with Gasteiger partial charge in [0.05, 0.1) is 15.4 Å². The van der Waals surface area contributed by atoms with Gasteiger partial charge in [0.25, 0.3) is 23.2 Å². The Morgan fingerprint density at radius 2 is 1.48 bits per heavy atom. The maximum atomic E-state index is 13.0. The van der Waals surface area contributed by atoms with Crippen molar-refractivity contribution in [3.05, 3.63) is 114 Å². The van der Waals surface area contributed by atoms with Crippen LogP contribution in [0.5, 0.6) is 0 Å². The van der Waals surface area contributed by atoms with Crippen molar-refractivity contribution in [3.63, 3.8) is 0 Å². The SMILES string of the molecule is O=C(Nc1cccc([N+](=O)[O-])c1)/C(=C/c1cccc([N+](=O)[O-])c1)NC(=O)c1ccccc1Br. The normalized spacial score (nSPS) is 10.9. The summed E-state index contributed by atoms with van der Waals surface area (Å²) in [7, 11) is 0. The van der Waals surface area contributed by atoms with E-state index in [4.69, 9.17) is 0 Å². The highest BCUT2D eigenvalue weighted by atomic mass is 79.9. The number of halogens is 1. The predicted octanol–water partition coefficient (Wildman–Crippen LogP) is 4.68. The number of hydrogen-bond donors (Lipinski definition) is 2. The van der Waals surface area contributed by atoms with Crippen LogP contribution in [0.4, 0.5) is 17.1 Å². The topological polar surface area (TPSA) is 144 Å². The lowest BCUT2D eigenvalue weighted by Gasteiger charge is -2.12. The summed E-state index contributed by atoms with van der Waals surface area (Å²) in [6, 6.07) is 17.3. The van der Waals surface area contributed by atoms with Crippen molar-refractivity contribution in [2.24, 2.45) is 0 Å². The molecule has 0 unspecified atom stereocenters. The first-order chi connectivity index (χ1) is 15.7. The van der Waals surface area contributed by atoms with E-state index in [0.29, 0.717) is 10.0 Å². The number of anilines is 1. The van der Waals surface area contributed by atoms with Crippen molar-refractivity contribution in [2.45, 2.75) is 0 Å². The Morgan fingerprint density at radius 1 is 0.848 bits per heavy atom. The van der Waals surface area contributed by atoms with E-state index in [0.717, 1.165) is 0 Å². The Kier molecular flexibility index (Phi) is 7.26. The van der Waals surface area contributed by atoms with E-state index in [9.17, 15) is 29.8 Å². The van der Waals surface area contributed by atoms with Crippen LogP contribution in [-0.2, 0) is 4.79 Å². The monoisotopic (exact) mass is 510 g/mol. The molecule has 2 amide bonds. The summed E-state index contributed by atoms with van der Waals surface area (Å²) < 4.78 is 0.497. The van der Waals surface area contributed by atoms with Crippen LogP contribution in [0.2, 0.25) is 0 Å². The van der Waals surface area contributed by atoms with Crippen molar-refractivity contribution < 1.29 is 19.4 Å². The third-order valence-electron chi connectivity index (χ3n) is 4.32. The number of carbonyl (C=O) groups is 2. The average molecular weight is 511 g/mol. The number of rotatable bonds is 7. The highest BCUT2D eigenvalue weighted by molar-refractivity contribution is 9.10. The molecule has 166 valence electrons. The third-order valence-corrected chi connectivity index (χ3v) is 5.01. The fourth-order valence-electron chi connectivity index (χ4n) is 2.78. The molecule has 0 radical (unpaired) electrons. The molecule has 0 fully saturated rings. The molecule has 2 N–H and O–H groups in total. The van der Waals surface area contributed by atoms with Gasteiger partial charge in [0, 0.05) is 34.4 Å². The van der Waals surface area contributed by atoms with Gasteiger partial charge < -0.3 is 10.6 Å². The molecule has 11 heteroatoms. The van der Waals surface area contributed by atoms with Crippen LogP contribution >= 0.6 is 15.9 Å². The van der Waals surface area contributed by atoms with Crippen molar-refractivity contribution >= 4 is 50.9 Å². The molecular weight excluding hydrogens is 496 g/mol. The third kappa shape index (κ3) is 6.08. The van der Waals surface area contributed by atoms with Gasteiger partial charge in [-0.05, 0) is 45.8 Å². The Labute approximate surface area is 195 Å². The molecule has 0 spiro atoms. The number of amides is 2. The molecule has 0 bridgehead atoms. The highest BCUT2D eigenvalue weighted by Gasteiger charge is 2.18. The summed E-state index contributed by atoms with van der Waals surface area (Å²) in [5.74, 6) is -1.38. The standard InChI is InChI=1S/C22H15BrN4O6/c23-19-10-2-1-9-18(19)21(28)25-20(12-14-5-3-7-16(11-14)26(30)31)22(29)24-15-6-4-8-17(13-15)27(32)33/h1-13H,(H,24,29)(H,25,28)/b20-12-. The number of carbonyl (C=O) groups excluding carboxylic acids is 2. The number of nitrogens with one attached hydrogen (secondary N) is 2. The number of nitrogens with zero attached hydrogens (tertiary/aromatic N) is 2. The van der Waals surface area contributed by atoms with Gasteiger partial charge in [-0.25, -0.2) is 0 Å². The summed E-state index contributed by atoms with van der Waals surface area (Å²) in [6.07, 6.45) is 1.27. The maximum absolute atomic E-state index is 13.0. The molecule has 10 nitrogen and oxygen atoms in total. The number of hydrogen-bond acceptors (Lipinski definition) is 6. The Balaban J connectivity index is 1.96. The molecule has 0 aromatic heterocycles. The molecule has 0 atom stereocenters. The minimum Gasteiger partial charge on any atom is -0.320 e. The van der Waals surface area contributed by atoms with Gasteiger partial charge in [-0.15, -0.1) is 0 Å². The minimum absolute atomic E-state index is 0.134. The zero-order chi connectivity index (χ0) is 24.0. The summed E-state index contributed by atoms with van der Waals surface area (Å²) in [5, 5.41) is 27.1. The second kappa shape index (κ2) is 10.3. The quantitative estimate of drug-likeness (QED) is 0.268. The van der Waals surface area contributed by atoms with Crippen LogP contribution in [0, 0.1) is 20.2 Å². The zero-order valence-corrected chi connectivity index (χ0v) is 18.3. The first-order valence-electron chi connectivity index (χ1n) is 9.32. The van der Waals surface area contributed by atoms with Crippen molar-refractivity contribution in [1.29, 1.82) is 0 Å². The molecule has 3 aromatic carbocycles. The van der Waals surface area contributed by atoms with Gasteiger partial charge in [-0.2, -0.15) is 0 Å². The maximum Gasteiger partial charge on any atom is 0.272 e. The fraction of sp³-hybridized carbons (Fsp3) is 0. The van der Waals surface area contributed by atoms with E-state index in [1.165, 1.54) is 54.6 Å². The van der Waals surface area contributed by atoms with E-state index >= 15 is 0 Å². The van der Waals surface area contributed by atoms with Gasteiger partial charge in [0.15, 0.2) is 0 Å². The van der Waals surface area contributed by atoms with Gasteiger partial charge >= 0.3 is 0 Å². The summed E-state index contributed by atoms with van der Waals surface area (Å²) in [6.45, 7) is 0. The second-order valence-electron chi connectivity index (χ2n) is 6.61. The van der Waals surface area contributed by atoms with E-state index in [-0.39, 0.29) is 28.3 Å². The minimum atomic E-state index is -0.776. The summed E-state index contributed by atoms with van der Waals surface area (Å²) in [5.41, 5.74) is 0.0389. The van der Waals surface area contributed by atoms with Crippen LogP contribution in [0.1, 0.15) is 15.9 Å². The molecule has 3 aromatic rings. The largest absolute Gasteiger partial charge is 0.320 e. The number of benzene rings is 3. The lowest BCUT2D eigenvalue weighted by atomic mass is 10.1. The van der Waals surface area contributed by atoms with Gasteiger partial charge in [-0.3, -0.25) is 29.8 Å². The lowest BCUT2D eigenvalue weighted by Crippen LogP contribution is -2.31. The van der Waals surface area contributed by atoms with Crippen molar-refractivity contribution in [1.82, 2.24) is 5.32 Å². The molecular formula is C22H15BrN4O6. The molecule has 33 heavy (non-hydrogen) atoms. The van der Waals surface area contributed by atoms with Crippen molar-refractivity contribution in [2.75, 3.05) is 5.32 Å². The molecule has 0 aliphatic carbocycles. The first-order valence-corrected chi connectivity index (χ1v) is 10.1.